The third-order valence-corrected chi connectivity index (χ3v) is 5.24. The average Bonchev–Trinajstić information content (AvgIpc) is 2.87. The number of fused-ring (bicyclic) bond motifs is 1. The monoisotopic (exact) mass is 469 g/mol. The van der Waals surface area contributed by atoms with Crippen molar-refractivity contribution in [2.45, 2.75) is 0 Å². The molecule has 0 saturated heterocycles. The van der Waals surface area contributed by atoms with Gasteiger partial charge in [0.05, 0.1) is 35.1 Å². The number of amides is 1. The number of terminal acetylenes is 1. The van der Waals surface area contributed by atoms with E-state index >= 15 is 0 Å². The minimum Gasteiger partial charge on any atom is -0.493 e. The van der Waals surface area contributed by atoms with Crippen LogP contribution >= 0.6 is 11.6 Å². The molecular formula is C27H20ClN3O3. The molecule has 0 aliphatic heterocycles. The average molecular weight is 470 g/mol. The Hall–Kier alpha value is -4.34. The molecule has 0 aliphatic rings. The summed E-state index contributed by atoms with van der Waals surface area (Å²) in [6, 6.07) is 22.3. The molecule has 1 aromatic heterocycles. The van der Waals surface area contributed by atoms with E-state index in [-0.39, 0.29) is 12.5 Å². The number of pyridine rings is 1. The zero-order chi connectivity index (χ0) is 23.9. The maximum Gasteiger partial charge on any atom is 0.272 e. The van der Waals surface area contributed by atoms with Crippen molar-refractivity contribution in [3.05, 3.63) is 88.9 Å². The maximum atomic E-state index is 13.1. The lowest BCUT2D eigenvalue weighted by atomic mass is 10.0. The van der Waals surface area contributed by atoms with E-state index in [1.54, 1.807) is 18.2 Å². The number of hydrogen-bond acceptors (Lipinski definition) is 5. The largest absolute Gasteiger partial charge is 0.493 e. The third-order valence-electron chi connectivity index (χ3n) is 4.96. The number of methoxy groups -OCH3 is 1. The molecule has 0 aliphatic carbocycles. The molecule has 0 radical (unpaired) electrons. The first-order valence-corrected chi connectivity index (χ1v) is 10.7. The lowest BCUT2D eigenvalue weighted by Crippen LogP contribution is -2.18. The van der Waals surface area contributed by atoms with Crippen LogP contribution in [0.4, 0.5) is 0 Å². The molecule has 3 aromatic carbocycles. The van der Waals surface area contributed by atoms with E-state index in [1.807, 2.05) is 54.6 Å². The fourth-order valence-electron chi connectivity index (χ4n) is 3.41. The fraction of sp³-hybridized carbons (Fsp3) is 0.0741. The zero-order valence-corrected chi connectivity index (χ0v) is 19.0. The zero-order valence-electron chi connectivity index (χ0n) is 18.3. The van der Waals surface area contributed by atoms with Crippen molar-refractivity contribution in [1.29, 1.82) is 0 Å². The smallest absolute Gasteiger partial charge is 0.272 e. The molecule has 7 heteroatoms. The lowest BCUT2D eigenvalue weighted by molar-refractivity contribution is 0.0956. The van der Waals surface area contributed by atoms with Crippen LogP contribution in [0.5, 0.6) is 11.5 Å². The first-order valence-electron chi connectivity index (χ1n) is 10.3. The predicted octanol–water partition coefficient (Wildman–Crippen LogP) is 5.34. The number of halogens is 1. The normalized spacial score (nSPS) is 10.7. The lowest BCUT2D eigenvalue weighted by Gasteiger charge is -2.11. The van der Waals surface area contributed by atoms with Crippen LogP contribution in [0.2, 0.25) is 5.02 Å². The quantitative estimate of drug-likeness (QED) is 0.225. The van der Waals surface area contributed by atoms with Gasteiger partial charge in [-0.05, 0) is 29.8 Å². The number of carbonyl (C=O) groups excluding carboxylic acids is 1. The number of ether oxygens (including phenoxy) is 2. The molecule has 168 valence electrons. The molecule has 0 unspecified atom stereocenters. The summed E-state index contributed by atoms with van der Waals surface area (Å²) in [5, 5.41) is 5.15. The van der Waals surface area contributed by atoms with E-state index < -0.39 is 0 Å². The number of hydrogen-bond donors (Lipinski definition) is 1. The Morgan fingerprint density at radius 3 is 2.68 bits per heavy atom. The second-order valence-corrected chi connectivity index (χ2v) is 7.57. The molecule has 4 rings (SSSR count). The van der Waals surface area contributed by atoms with Gasteiger partial charge in [-0.25, -0.2) is 10.4 Å². The molecular weight excluding hydrogens is 450 g/mol. The Bertz CT molecular complexity index is 1410. The van der Waals surface area contributed by atoms with E-state index in [0.717, 1.165) is 16.5 Å². The van der Waals surface area contributed by atoms with Gasteiger partial charge in [0.15, 0.2) is 11.5 Å². The van der Waals surface area contributed by atoms with Crippen molar-refractivity contribution in [2.24, 2.45) is 5.10 Å². The van der Waals surface area contributed by atoms with Crippen LogP contribution in [-0.2, 0) is 0 Å². The Balaban J connectivity index is 1.61. The Morgan fingerprint density at radius 1 is 1.15 bits per heavy atom. The summed E-state index contributed by atoms with van der Waals surface area (Å²) in [5.74, 6) is 2.77. The van der Waals surface area contributed by atoms with Gasteiger partial charge in [0, 0.05) is 10.9 Å². The summed E-state index contributed by atoms with van der Waals surface area (Å²) in [6.45, 7) is 0.0600. The highest BCUT2D eigenvalue weighted by Crippen LogP contribution is 2.36. The maximum absolute atomic E-state index is 13.1. The van der Waals surface area contributed by atoms with Crippen LogP contribution in [0.3, 0.4) is 0 Å². The molecule has 1 N–H and O–H groups in total. The molecule has 0 bridgehead atoms. The topological polar surface area (TPSA) is 72.8 Å². The molecule has 34 heavy (non-hydrogen) atoms. The highest BCUT2D eigenvalue weighted by atomic mass is 35.5. The van der Waals surface area contributed by atoms with Crippen LogP contribution in [0.1, 0.15) is 15.9 Å². The Kier molecular flexibility index (Phi) is 7.07. The molecule has 4 aromatic rings. The second kappa shape index (κ2) is 10.5. The summed E-state index contributed by atoms with van der Waals surface area (Å²) >= 11 is 6.30. The van der Waals surface area contributed by atoms with Gasteiger partial charge in [0.2, 0.25) is 0 Å². The summed E-state index contributed by atoms with van der Waals surface area (Å²) in [4.78, 5) is 17.8. The van der Waals surface area contributed by atoms with Gasteiger partial charge in [-0.2, -0.15) is 5.10 Å². The third kappa shape index (κ3) is 5.01. The highest BCUT2D eigenvalue weighted by Gasteiger charge is 2.14. The molecule has 0 spiro atoms. The van der Waals surface area contributed by atoms with Gasteiger partial charge in [0.25, 0.3) is 5.91 Å². The van der Waals surface area contributed by atoms with Crippen LogP contribution < -0.4 is 14.9 Å². The van der Waals surface area contributed by atoms with Crippen LogP contribution in [0.15, 0.2) is 77.9 Å². The van der Waals surface area contributed by atoms with Crippen molar-refractivity contribution in [2.75, 3.05) is 13.7 Å². The van der Waals surface area contributed by atoms with Crippen molar-refractivity contribution in [3.63, 3.8) is 0 Å². The van der Waals surface area contributed by atoms with Gasteiger partial charge in [-0.15, -0.1) is 6.42 Å². The SMILES string of the molecule is C#CCOc1c(Cl)cc(/C=N/NC(=O)c2cc(-c3ccccc3)nc3ccccc23)cc1OC. The molecule has 0 fully saturated rings. The van der Waals surface area contributed by atoms with E-state index in [1.165, 1.54) is 13.3 Å². The van der Waals surface area contributed by atoms with E-state index in [9.17, 15) is 4.79 Å². The standard InChI is InChI=1S/C27H20ClN3O3/c1-3-13-34-26-22(28)14-18(15-25(26)33-2)17-29-31-27(32)21-16-24(19-9-5-4-6-10-19)30-23-12-8-7-11-20(21)23/h1,4-12,14-17H,13H2,2H3,(H,31,32)/b29-17+. The van der Waals surface area contributed by atoms with Crippen LogP contribution in [0.25, 0.3) is 22.2 Å². The van der Waals surface area contributed by atoms with Crippen molar-refractivity contribution < 1.29 is 14.3 Å². The number of hydrazone groups is 1. The van der Waals surface area contributed by atoms with Crippen LogP contribution in [-0.4, -0.2) is 30.8 Å². The number of para-hydroxylation sites is 1. The van der Waals surface area contributed by atoms with Gasteiger partial charge in [-0.3, -0.25) is 4.79 Å². The number of benzene rings is 3. The summed E-state index contributed by atoms with van der Waals surface area (Å²) in [5.41, 5.74) is 6.00. The summed E-state index contributed by atoms with van der Waals surface area (Å²) in [7, 11) is 1.50. The van der Waals surface area contributed by atoms with Crippen molar-refractivity contribution in [1.82, 2.24) is 10.4 Å². The van der Waals surface area contributed by atoms with Gasteiger partial charge in [0.1, 0.15) is 6.61 Å². The second-order valence-electron chi connectivity index (χ2n) is 7.16. The van der Waals surface area contributed by atoms with Crippen LogP contribution in [0, 0.1) is 12.3 Å². The minimum absolute atomic E-state index is 0.0600. The number of carbonyl (C=O) groups is 1. The van der Waals surface area contributed by atoms with Crippen molar-refractivity contribution in [3.8, 4) is 35.1 Å². The fourth-order valence-corrected chi connectivity index (χ4v) is 3.69. The Morgan fingerprint density at radius 2 is 1.91 bits per heavy atom. The molecule has 0 saturated carbocycles. The van der Waals surface area contributed by atoms with E-state index in [4.69, 9.17) is 32.5 Å². The first kappa shape index (κ1) is 22.8. The predicted molar refractivity (Wildman–Crippen MR) is 135 cm³/mol. The summed E-state index contributed by atoms with van der Waals surface area (Å²) in [6.07, 6.45) is 6.71. The minimum atomic E-state index is -0.362. The van der Waals surface area contributed by atoms with E-state index in [0.29, 0.717) is 33.3 Å². The Labute approximate surface area is 202 Å². The molecule has 0 atom stereocenters. The van der Waals surface area contributed by atoms with Gasteiger partial charge >= 0.3 is 0 Å². The number of rotatable bonds is 7. The molecule has 1 amide bonds. The first-order chi connectivity index (χ1) is 16.6. The number of aromatic nitrogens is 1. The van der Waals surface area contributed by atoms with Crippen molar-refractivity contribution >= 4 is 34.6 Å². The molecule has 6 nitrogen and oxygen atoms in total. The molecule has 1 heterocycles. The van der Waals surface area contributed by atoms with Gasteiger partial charge in [-0.1, -0.05) is 66.1 Å². The van der Waals surface area contributed by atoms with E-state index in [2.05, 4.69) is 16.4 Å². The number of nitrogens with one attached hydrogen (secondary N) is 1. The highest BCUT2D eigenvalue weighted by molar-refractivity contribution is 6.32. The van der Waals surface area contributed by atoms with Gasteiger partial charge < -0.3 is 9.47 Å². The summed E-state index contributed by atoms with van der Waals surface area (Å²) < 4.78 is 10.8. The number of nitrogens with zero attached hydrogens (tertiary/aromatic N) is 2.